The number of carbonyl (C=O) groups is 1. The molecule has 2 heterocycles. The maximum absolute atomic E-state index is 12.5. The molecule has 4 rings (SSSR count). The van der Waals surface area contributed by atoms with Crippen LogP contribution >= 0.6 is 0 Å². The average Bonchev–Trinajstić information content (AvgIpc) is 3.23. The first kappa shape index (κ1) is 17.0. The summed E-state index contributed by atoms with van der Waals surface area (Å²) >= 11 is 0. The summed E-state index contributed by atoms with van der Waals surface area (Å²) in [5.41, 5.74) is 2.39. The smallest absolute Gasteiger partial charge is 0.320 e. The third kappa shape index (κ3) is 2.79. The summed E-state index contributed by atoms with van der Waals surface area (Å²) in [7, 11) is -0.608. The van der Waals surface area contributed by atoms with Crippen molar-refractivity contribution >= 4 is 33.2 Å². The lowest BCUT2D eigenvalue weighted by Crippen LogP contribution is -2.32. The summed E-state index contributed by atoms with van der Waals surface area (Å²) in [6, 6.07) is 14.1. The molecule has 0 radical (unpaired) electrons. The molecule has 0 atom stereocenters. The number of carbonyl (C=O) groups excluding carboxylic acids is 1. The Bertz CT molecular complexity index is 1130. The molecule has 3 aromatic rings. The lowest BCUT2D eigenvalue weighted by molar-refractivity contribution is 0.102. The van der Waals surface area contributed by atoms with Crippen LogP contribution in [0.5, 0.6) is 0 Å². The van der Waals surface area contributed by atoms with Gasteiger partial charge in [-0.2, -0.15) is 18.3 Å². The van der Waals surface area contributed by atoms with Crippen LogP contribution in [0.3, 0.4) is 0 Å². The van der Waals surface area contributed by atoms with Gasteiger partial charge in [-0.25, -0.2) is 0 Å². The van der Waals surface area contributed by atoms with Crippen LogP contribution in [0.15, 0.2) is 54.7 Å². The van der Waals surface area contributed by atoms with E-state index in [9.17, 15) is 13.2 Å². The zero-order valence-electron chi connectivity index (χ0n) is 14.6. The van der Waals surface area contributed by atoms with Gasteiger partial charge in [0, 0.05) is 19.8 Å². The molecular formula is C17H16N6O3S. The Kier molecular flexibility index (Phi) is 3.84. The Morgan fingerprint density at radius 3 is 2.44 bits per heavy atom. The van der Waals surface area contributed by atoms with Gasteiger partial charge in [0.2, 0.25) is 0 Å². The predicted molar refractivity (Wildman–Crippen MR) is 101 cm³/mol. The molecule has 10 heteroatoms. The van der Waals surface area contributed by atoms with Gasteiger partial charge in [0.25, 0.3) is 5.91 Å². The fourth-order valence-electron chi connectivity index (χ4n) is 2.80. The SMILES string of the molecule is CN1c2ccc(NC(=O)c3cnn(-c4ccccc4)n3)cc2N(C)S1(=O)=O. The number of nitrogens with zero attached hydrogens (tertiary/aromatic N) is 5. The van der Waals surface area contributed by atoms with E-state index < -0.39 is 16.1 Å². The van der Waals surface area contributed by atoms with Crippen molar-refractivity contribution in [2.75, 3.05) is 28.0 Å². The largest absolute Gasteiger partial charge is 0.326 e. The van der Waals surface area contributed by atoms with Crippen LogP contribution in [0, 0.1) is 0 Å². The summed E-state index contributed by atoms with van der Waals surface area (Å²) < 4.78 is 26.7. The zero-order chi connectivity index (χ0) is 19.2. The number of aromatic nitrogens is 3. The van der Waals surface area contributed by atoms with E-state index in [2.05, 4.69) is 15.5 Å². The number of fused-ring (bicyclic) bond motifs is 1. The second-order valence-corrected chi connectivity index (χ2v) is 7.95. The van der Waals surface area contributed by atoms with E-state index in [4.69, 9.17) is 0 Å². The molecule has 1 aliphatic rings. The van der Waals surface area contributed by atoms with E-state index >= 15 is 0 Å². The molecule has 1 amide bonds. The van der Waals surface area contributed by atoms with Crippen LogP contribution < -0.4 is 13.9 Å². The summed E-state index contributed by atoms with van der Waals surface area (Å²) in [6.45, 7) is 0. The second kappa shape index (κ2) is 6.09. The molecule has 0 aliphatic carbocycles. The summed E-state index contributed by atoms with van der Waals surface area (Å²) in [5.74, 6) is -0.436. The first-order valence-electron chi connectivity index (χ1n) is 8.04. The van der Waals surface area contributed by atoms with Gasteiger partial charge in [0.1, 0.15) is 0 Å². The molecular weight excluding hydrogens is 368 g/mol. The molecule has 0 spiro atoms. The lowest BCUT2D eigenvalue weighted by atomic mass is 10.2. The summed E-state index contributed by atoms with van der Waals surface area (Å²) in [5, 5.41) is 11.0. The quantitative estimate of drug-likeness (QED) is 0.740. The van der Waals surface area contributed by atoms with Crippen molar-refractivity contribution in [3.63, 3.8) is 0 Å². The van der Waals surface area contributed by atoms with E-state index in [1.807, 2.05) is 30.3 Å². The number of hydrogen-bond acceptors (Lipinski definition) is 5. The highest BCUT2D eigenvalue weighted by molar-refractivity contribution is 7.94. The van der Waals surface area contributed by atoms with Crippen molar-refractivity contribution < 1.29 is 13.2 Å². The van der Waals surface area contributed by atoms with E-state index in [0.717, 1.165) is 5.69 Å². The highest BCUT2D eigenvalue weighted by Crippen LogP contribution is 2.40. The van der Waals surface area contributed by atoms with Crippen LogP contribution in [-0.4, -0.2) is 43.4 Å². The molecule has 0 fully saturated rings. The van der Waals surface area contributed by atoms with Gasteiger partial charge in [-0.05, 0) is 30.3 Å². The third-order valence-corrected chi connectivity index (χ3v) is 6.09. The highest BCUT2D eigenvalue weighted by Gasteiger charge is 2.35. The minimum absolute atomic E-state index is 0.150. The number of nitrogens with one attached hydrogen (secondary N) is 1. The number of amides is 1. The Balaban J connectivity index is 1.57. The fraction of sp³-hybridized carbons (Fsp3) is 0.118. The van der Waals surface area contributed by atoms with Gasteiger partial charge in [-0.1, -0.05) is 18.2 Å². The molecule has 0 saturated heterocycles. The van der Waals surface area contributed by atoms with E-state index in [0.29, 0.717) is 17.1 Å². The zero-order valence-corrected chi connectivity index (χ0v) is 15.4. The first-order chi connectivity index (χ1) is 12.9. The minimum atomic E-state index is -3.56. The standard InChI is InChI=1S/C17H16N6O3S/c1-21-15-9-8-12(10-16(15)22(2)27(21,25)26)19-17(24)14-11-18-23(20-14)13-6-4-3-5-7-13/h3-11H,1-2H3,(H,19,24). The Morgan fingerprint density at radius 1 is 1.00 bits per heavy atom. The molecule has 138 valence electrons. The monoisotopic (exact) mass is 384 g/mol. The predicted octanol–water partition coefficient (Wildman–Crippen LogP) is 1.65. The van der Waals surface area contributed by atoms with Gasteiger partial charge in [0.15, 0.2) is 5.69 Å². The van der Waals surface area contributed by atoms with Gasteiger partial charge in [-0.15, -0.1) is 5.10 Å². The topological polar surface area (TPSA) is 100 Å². The number of benzene rings is 2. The van der Waals surface area contributed by atoms with Crippen LogP contribution in [0.25, 0.3) is 5.69 Å². The fourth-order valence-corrected chi connectivity index (χ4v) is 3.97. The van der Waals surface area contributed by atoms with Gasteiger partial charge in [-0.3, -0.25) is 13.4 Å². The number of hydrogen-bond donors (Lipinski definition) is 1. The first-order valence-corrected chi connectivity index (χ1v) is 9.43. The Hall–Kier alpha value is -3.40. The molecule has 0 unspecified atom stereocenters. The van der Waals surface area contributed by atoms with Gasteiger partial charge in [0.05, 0.1) is 23.3 Å². The van der Waals surface area contributed by atoms with Crippen LogP contribution in [0.2, 0.25) is 0 Å². The molecule has 0 bridgehead atoms. The minimum Gasteiger partial charge on any atom is -0.320 e. The molecule has 1 N–H and O–H groups in total. The second-order valence-electron chi connectivity index (χ2n) is 5.96. The van der Waals surface area contributed by atoms with E-state index in [1.165, 1.54) is 33.7 Å². The Morgan fingerprint density at radius 2 is 1.70 bits per heavy atom. The average molecular weight is 384 g/mol. The van der Waals surface area contributed by atoms with Crippen LogP contribution in [-0.2, 0) is 10.2 Å². The Labute approximate surface area is 156 Å². The maximum atomic E-state index is 12.5. The summed E-state index contributed by atoms with van der Waals surface area (Å²) in [4.78, 5) is 13.8. The molecule has 27 heavy (non-hydrogen) atoms. The maximum Gasteiger partial charge on any atom is 0.326 e. The van der Waals surface area contributed by atoms with Crippen LogP contribution in [0.1, 0.15) is 10.5 Å². The van der Waals surface area contributed by atoms with Gasteiger partial charge >= 0.3 is 10.2 Å². The molecule has 0 saturated carbocycles. The van der Waals surface area contributed by atoms with Crippen molar-refractivity contribution in [3.8, 4) is 5.69 Å². The third-order valence-electron chi connectivity index (χ3n) is 4.32. The molecule has 1 aliphatic heterocycles. The van der Waals surface area contributed by atoms with Crippen molar-refractivity contribution in [2.45, 2.75) is 0 Å². The molecule has 2 aromatic carbocycles. The van der Waals surface area contributed by atoms with Gasteiger partial charge < -0.3 is 5.32 Å². The lowest BCUT2D eigenvalue weighted by Gasteiger charge is -2.13. The van der Waals surface area contributed by atoms with Crippen molar-refractivity contribution in [3.05, 3.63) is 60.4 Å². The van der Waals surface area contributed by atoms with Crippen molar-refractivity contribution in [2.24, 2.45) is 0 Å². The highest BCUT2D eigenvalue weighted by atomic mass is 32.2. The molecule has 1 aromatic heterocycles. The normalized spacial score (nSPS) is 14.9. The number of anilines is 3. The van der Waals surface area contributed by atoms with Crippen LogP contribution in [0.4, 0.5) is 17.1 Å². The van der Waals surface area contributed by atoms with Crippen molar-refractivity contribution in [1.82, 2.24) is 15.0 Å². The summed E-state index contributed by atoms with van der Waals surface area (Å²) in [6.07, 6.45) is 1.38. The van der Waals surface area contributed by atoms with Crippen molar-refractivity contribution in [1.29, 1.82) is 0 Å². The number of para-hydroxylation sites is 1. The number of rotatable bonds is 3. The van der Waals surface area contributed by atoms with E-state index in [-0.39, 0.29) is 5.69 Å². The molecule has 9 nitrogen and oxygen atoms in total. The van der Waals surface area contributed by atoms with E-state index in [1.54, 1.807) is 18.2 Å².